The van der Waals surface area contributed by atoms with E-state index in [9.17, 15) is 4.79 Å². The Balaban J connectivity index is 0.000000326. The van der Waals surface area contributed by atoms with Gasteiger partial charge in [0.2, 0.25) is 0 Å². The lowest BCUT2D eigenvalue weighted by Crippen LogP contribution is -2.20. The van der Waals surface area contributed by atoms with Crippen LogP contribution in [-0.4, -0.2) is 22.3 Å². The van der Waals surface area contributed by atoms with Crippen LogP contribution in [0, 0.1) is 0 Å². The number of hydrogen-bond acceptors (Lipinski definition) is 3. The van der Waals surface area contributed by atoms with Crippen LogP contribution in [0.2, 0.25) is 10.0 Å². The summed E-state index contributed by atoms with van der Waals surface area (Å²) in [5.74, 6) is -0.819. The number of carboxylic acids is 1. The van der Waals surface area contributed by atoms with Gasteiger partial charge in [-0.1, -0.05) is 53.5 Å². The van der Waals surface area contributed by atoms with E-state index in [1.54, 1.807) is 0 Å². The van der Waals surface area contributed by atoms with Gasteiger partial charge in [-0.05, 0) is 48.6 Å². The molecule has 1 aliphatic carbocycles. The molecule has 0 fully saturated rings. The highest BCUT2D eigenvalue weighted by atomic mass is 35.5. The summed E-state index contributed by atoms with van der Waals surface area (Å²) < 4.78 is 0. The van der Waals surface area contributed by atoms with Gasteiger partial charge >= 0.3 is 5.97 Å². The van der Waals surface area contributed by atoms with Crippen LogP contribution in [0.5, 0.6) is 0 Å². The van der Waals surface area contributed by atoms with Gasteiger partial charge in [-0.3, -0.25) is 0 Å². The zero-order chi connectivity index (χ0) is 18.6. The van der Waals surface area contributed by atoms with E-state index < -0.39 is 12.1 Å². The molecule has 0 radical (unpaired) electrons. The van der Waals surface area contributed by atoms with Crippen molar-refractivity contribution in [2.75, 3.05) is 0 Å². The lowest BCUT2D eigenvalue weighted by atomic mass is 9.77. The summed E-state index contributed by atoms with van der Waals surface area (Å²) in [5, 5.41) is 17.0. The molecule has 0 aromatic heterocycles. The van der Waals surface area contributed by atoms with Crippen molar-refractivity contribution >= 4 is 29.2 Å². The normalized spacial score (nSPS) is 20.0. The van der Waals surface area contributed by atoms with E-state index in [1.807, 2.05) is 12.1 Å². The van der Waals surface area contributed by atoms with Crippen molar-refractivity contribution < 1.29 is 15.0 Å². The van der Waals surface area contributed by atoms with Crippen LogP contribution >= 0.6 is 23.2 Å². The second-order valence-electron chi connectivity index (χ2n) is 6.05. The van der Waals surface area contributed by atoms with Gasteiger partial charge in [-0.25, -0.2) is 4.79 Å². The lowest BCUT2D eigenvalue weighted by molar-refractivity contribution is -0.145. The topological polar surface area (TPSA) is 83.5 Å². The predicted molar refractivity (Wildman–Crippen MR) is 100 cm³/mol. The van der Waals surface area contributed by atoms with Crippen molar-refractivity contribution in [3.05, 3.63) is 69.2 Å². The number of carbonyl (C=O) groups is 1. The Hall–Kier alpha value is -1.59. The van der Waals surface area contributed by atoms with Crippen molar-refractivity contribution in [3.8, 4) is 0 Å². The number of fused-ring (bicyclic) bond motifs is 1. The molecule has 0 heterocycles. The highest BCUT2D eigenvalue weighted by molar-refractivity contribution is 6.42. The van der Waals surface area contributed by atoms with Gasteiger partial charge in [0, 0.05) is 12.0 Å². The second kappa shape index (κ2) is 8.68. The molecule has 0 aliphatic heterocycles. The lowest BCUT2D eigenvalue weighted by Gasteiger charge is -2.30. The fourth-order valence-electron chi connectivity index (χ4n) is 2.90. The van der Waals surface area contributed by atoms with Crippen molar-refractivity contribution in [1.29, 1.82) is 0 Å². The van der Waals surface area contributed by atoms with Crippen LogP contribution in [0.1, 0.15) is 48.4 Å². The van der Waals surface area contributed by atoms with Crippen LogP contribution in [0.3, 0.4) is 0 Å². The van der Waals surface area contributed by atoms with Gasteiger partial charge in [0.25, 0.3) is 0 Å². The number of halogens is 2. The fraction of sp³-hybridized carbons (Fsp3) is 0.316. The van der Waals surface area contributed by atoms with Gasteiger partial charge < -0.3 is 15.9 Å². The predicted octanol–water partition coefficient (Wildman–Crippen LogP) is 4.37. The molecular weight excluding hydrogens is 361 g/mol. The quantitative estimate of drug-likeness (QED) is 0.720. The molecule has 6 heteroatoms. The highest BCUT2D eigenvalue weighted by Crippen LogP contribution is 2.41. The summed E-state index contributed by atoms with van der Waals surface area (Å²) in [6.07, 6.45) is 0.822. The summed E-state index contributed by atoms with van der Waals surface area (Å²) in [6, 6.07) is 14.5. The Morgan fingerprint density at radius 2 is 1.72 bits per heavy atom. The molecule has 3 rings (SSSR count). The highest BCUT2D eigenvalue weighted by Gasteiger charge is 2.26. The molecule has 0 bridgehead atoms. The zero-order valence-electron chi connectivity index (χ0n) is 13.8. The molecular formula is C19H21Cl2NO3. The number of hydrogen-bond donors (Lipinski definition) is 3. The Kier molecular flexibility index (Phi) is 6.85. The van der Waals surface area contributed by atoms with Gasteiger partial charge in [0.05, 0.1) is 10.0 Å². The van der Waals surface area contributed by atoms with E-state index in [4.69, 9.17) is 39.1 Å². The monoisotopic (exact) mass is 381 g/mol. The van der Waals surface area contributed by atoms with Crippen LogP contribution in [0.15, 0.2) is 42.5 Å². The van der Waals surface area contributed by atoms with Crippen LogP contribution in [0.25, 0.3) is 0 Å². The average Bonchev–Trinajstić information content (AvgIpc) is 2.58. The first-order valence-corrected chi connectivity index (χ1v) is 8.77. The third kappa shape index (κ3) is 4.95. The Morgan fingerprint density at radius 3 is 2.28 bits per heavy atom. The van der Waals surface area contributed by atoms with Gasteiger partial charge in [-0.15, -0.1) is 0 Å². The van der Waals surface area contributed by atoms with E-state index in [0.717, 1.165) is 12.8 Å². The first-order valence-electron chi connectivity index (χ1n) is 8.01. The summed E-state index contributed by atoms with van der Waals surface area (Å²) in [5.41, 5.74) is 9.98. The van der Waals surface area contributed by atoms with Crippen LogP contribution in [0.4, 0.5) is 0 Å². The summed E-state index contributed by atoms with van der Waals surface area (Å²) in [4.78, 5) is 9.45. The number of carboxylic acid groups (broad SMARTS) is 1. The number of benzene rings is 2. The van der Waals surface area contributed by atoms with Crippen molar-refractivity contribution in [1.82, 2.24) is 0 Å². The van der Waals surface area contributed by atoms with Gasteiger partial charge in [0.15, 0.2) is 0 Å². The van der Waals surface area contributed by atoms with Gasteiger partial charge in [-0.2, -0.15) is 0 Å². The van der Waals surface area contributed by atoms with Crippen LogP contribution < -0.4 is 5.73 Å². The van der Waals surface area contributed by atoms with E-state index >= 15 is 0 Å². The molecule has 0 saturated carbocycles. The molecule has 1 aliphatic rings. The molecule has 2 aromatic carbocycles. The third-order valence-electron chi connectivity index (χ3n) is 4.24. The minimum atomic E-state index is -1.23. The van der Waals surface area contributed by atoms with E-state index in [-0.39, 0.29) is 6.04 Å². The maximum Gasteiger partial charge on any atom is 0.332 e. The van der Waals surface area contributed by atoms with E-state index in [1.165, 1.54) is 23.6 Å². The van der Waals surface area contributed by atoms with E-state index in [2.05, 4.69) is 30.3 Å². The summed E-state index contributed by atoms with van der Waals surface area (Å²) in [6.45, 7) is 1.20. The molecule has 3 atom stereocenters. The Morgan fingerprint density at radius 1 is 1.12 bits per heavy atom. The fourth-order valence-corrected chi connectivity index (χ4v) is 3.21. The molecule has 1 unspecified atom stereocenters. The van der Waals surface area contributed by atoms with Crippen molar-refractivity contribution in [2.45, 2.75) is 37.8 Å². The summed E-state index contributed by atoms with van der Waals surface area (Å²) in [7, 11) is 0. The smallest absolute Gasteiger partial charge is 0.332 e. The maximum absolute atomic E-state index is 9.45. The standard InChI is InChI=1S/C16H15Cl2N.C3H6O3/c17-14-7-5-10(9-15(14)18)11-6-8-16(19)13-4-2-1-3-12(11)13;1-2(4)3(5)6/h1-5,7,9,11,16H,6,8,19H2;2,4H,1H3,(H,5,6)/t11-,16-;/m0./s1. The number of aliphatic carboxylic acids is 1. The summed E-state index contributed by atoms with van der Waals surface area (Å²) >= 11 is 12.1. The van der Waals surface area contributed by atoms with Crippen molar-refractivity contribution in [3.63, 3.8) is 0 Å². The minimum Gasteiger partial charge on any atom is -0.479 e. The number of aliphatic hydroxyl groups excluding tert-OH is 1. The van der Waals surface area contributed by atoms with Crippen molar-refractivity contribution in [2.24, 2.45) is 5.73 Å². The van der Waals surface area contributed by atoms with E-state index in [0.29, 0.717) is 16.0 Å². The minimum absolute atomic E-state index is 0.148. The first-order chi connectivity index (χ1) is 11.8. The van der Waals surface area contributed by atoms with Crippen LogP contribution in [-0.2, 0) is 4.79 Å². The first kappa shape index (κ1) is 19.7. The largest absolute Gasteiger partial charge is 0.479 e. The molecule has 134 valence electrons. The molecule has 4 N–H and O–H groups in total. The Labute approximate surface area is 157 Å². The van der Waals surface area contributed by atoms with Gasteiger partial charge in [0.1, 0.15) is 6.10 Å². The Bertz CT molecular complexity index is 749. The maximum atomic E-state index is 9.45. The number of rotatable bonds is 2. The average molecular weight is 382 g/mol. The second-order valence-corrected chi connectivity index (χ2v) is 6.87. The third-order valence-corrected chi connectivity index (χ3v) is 4.98. The molecule has 25 heavy (non-hydrogen) atoms. The molecule has 0 saturated heterocycles. The number of aliphatic hydroxyl groups is 1. The number of nitrogens with two attached hydrogens (primary N) is 1. The zero-order valence-corrected chi connectivity index (χ0v) is 15.3. The molecule has 4 nitrogen and oxygen atoms in total. The SMILES string of the molecule is CC(O)C(=O)O.N[C@H]1CC[C@@H](c2ccc(Cl)c(Cl)c2)c2ccccc21. The molecule has 0 amide bonds. The molecule has 0 spiro atoms. The molecule has 2 aromatic rings.